The molecule has 1 heterocycles. The van der Waals surface area contributed by atoms with E-state index in [9.17, 15) is 14.4 Å². The molecule has 2 aromatic rings. The highest BCUT2D eigenvalue weighted by Crippen LogP contribution is 2.16. The van der Waals surface area contributed by atoms with Crippen LogP contribution < -0.4 is 0 Å². The highest BCUT2D eigenvalue weighted by atomic mass is 16.5. The molecule has 0 aliphatic carbocycles. The van der Waals surface area contributed by atoms with Crippen molar-refractivity contribution in [2.24, 2.45) is 0 Å². The van der Waals surface area contributed by atoms with Crippen molar-refractivity contribution < 1.29 is 19.1 Å². The lowest BCUT2D eigenvalue weighted by Crippen LogP contribution is -2.23. The second-order valence-corrected chi connectivity index (χ2v) is 6.93. The summed E-state index contributed by atoms with van der Waals surface area (Å²) in [5.74, 6) is -0.578. The van der Waals surface area contributed by atoms with Gasteiger partial charge in [0.05, 0.1) is 5.56 Å². The Kier molecular flexibility index (Phi) is 5.69. The molecular weight excluding hydrogens is 342 g/mol. The number of ether oxygens (including phenoxy) is 1. The van der Waals surface area contributed by atoms with Gasteiger partial charge in [0.15, 0.2) is 6.61 Å². The van der Waals surface area contributed by atoms with Crippen LogP contribution in [0.5, 0.6) is 0 Å². The number of amides is 1. The van der Waals surface area contributed by atoms with Crippen LogP contribution in [0.3, 0.4) is 0 Å². The molecule has 1 fully saturated rings. The third kappa shape index (κ3) is 4.61. The van der Waals surface area contributed by atoms with Crippen LogP contribution in [-0.2, 0) is 16.1 Å². The van der Waals surface area contributed by atoms with Crippen LogP contribution in [-0.4, -0.2) is 35.7 Å². The highest BCUT2D eigenvalue weighted by Gasteiger charge is 2.20. The molecule has 5 nitrogen and oxygen atoms in total. The quantitative estimate of drug-likeness (QED) is 0.581. The first-order valence-electron chi connectivity index (χ1n) is 9.08. The molecule has 0 bridgehead atoms. The number of benzene rings is 2. The lowest BCUT2D eigenvalue weighted by Gasteiger charge is -2.15. The number of hydrogen-bond donors (Lipinski definition) is 0. The van der Waals surface area contributed by atoms with Crippen molar-refractivity contribution in [3.63, 3.8) is 0 Å². The van der Waals surface area contributed by atoms with E-state index in [-0.39, 0.29) is 18.3 Å². The minimum absolute atomic E-state index is 0.170. The zero-order chi connectivity index (χ0) is 19.4. The Bertz CT molecular complexity index is 870. The van der Waals surface area contributed by atoms with E-state index >= 15 is 0 Å². The number of nitrogens with zero attached hydrogens (tertiary/aromatic N) is 1. The number of esters is 1. The topological polar surface area (TPSA) is 63.7 Å². The number of hydrogen-bond acceptors (Lipinski definition) is 4. The van der Waals surface area contributed by atoms with E-state index in [4.69, 9.17) is 4.74 Å². The number of rotatable bonds is 6. The largest absolute Gasteiger partial charge is 0.454 e. The maximum Gasteiger partial charge on any atom is 0.338 e. The minimum atomic E-state index is -0.531. The highest BCUT2D eigenvalue weighted by molar-refractivity contribution is 6.00. The Balaban J connectivity index is 1.56. The summed E-state index contributed by atoms with van der Waals surface area (Å²) in [6.07, 6.45) is 1.51. The van der Waals surface area contributed by atoms with Crippen LogP contribution in [0.4, 0.5) is 0 Å². The maximum absolute atomic E-state index is 12.3. The molecule has 140 valence electrons. The predicted molar refractivity (Wildman–Crippen MR) is 102 cm³/mol. The molecule has 3 rings (SSSR count). The Labute approximate surface area is 158 Å². The van der Waals surface area contributed by atoms with E-state index < -0.39 is 5.97 Å². The molecule has 0 spiro atoms. The van der Waals surface area contributed by atoms with Gasteiger partial charge in [-0.3, -0.25) is 9.59 Å². The number of ketones is 1. The number of likely N-dealkylation sites (tertiary alicyclic amines) is 1. The summed E-state index contributed by atoms with van der Waals surface area (Å²) >= 11 is 0. The Morgan fingerprint density at radius 1 is 1.07 bits per heavy atom. The summed E-state index contributed by atoms with van der Waals surface area (Å²) < 4.78 is 5.17. The van der Waals surface area contributed by atoms with Crippen LogP contribution in [0, 0.1) is 13.8 Å². The van der Waals surface area contributed by atoms with E-state index in [0.29, 0.717) is 24.1 Å². The predicted octanol–water partition coefficient (Wildman–Crippen LogP) is 3.47. The van der Waals surface area contributed by atoms with Gasteiger partial charge in [-0.25, -0.2) is 4.79 Å². The van der Waals surface area contributed by atoms with Gasteiger partial charge in [-0.05, 0) is 43.5 Å². The first-order valence-corrected chi connectivity index (χ1v) is 9.08. The smallest absolute Gasteiger partial charge is 0.338 e. The van der Waals surface area contributed by atoms with Gasteiger partial charge in [0.1, 0.15) is 0 Å². The van der Waals surface area contributed by atoms with Gasteiger partial charge in [0.25, 0.3) is 0 Å². The van der Waals surface area contributed by atoms with Crippen molar-refractivity contribution in [3.05, 3.63) is 70.3 Å². The molecular formula is C22H23NO4. The van der Waals surface area contributed by atoms with Gasteiger partial charge >= 0.3 is 5.97 Å². The summed E-state index contributed by atoms with van der Waals surface area (Å²) in [6, 6.07) is 12.5. The van der Waals surface area contributed by atoms with E-state index in [1.165, 1.54) is 0 Å². The summed E-state index contributed by atoms with van der Waals surface area (Å²) in [6.45, 7) is 4.88. The van der Waals surface area contributed by atoms with Crippen molar-refractivity contribution in [2.75, 3.05) is 13.2 Å². The lowest BCUT2D eigenvalue weighted by molar-refractivity contribution is -0.128. The molecule has 0 atom stereocenters. The fourth-order valence-corrected chi connectivity index (χ4v) is 3.26. The normalized spacial score (nSPS) is 13.7. The molecule has 1 amide bonds. The van der Waals surface area contributed by atoms with E-state index in [2.05, 4.69) is 0 Å². The molecule has 0 unspecified atom stereocenters. The van der Waals surface area contributed by atoms with Crippen molar-refractivity contribution in [1.82, 2.24) is 4.90 Å². The summed E-state index contributed by atoms with van der Waals surface area (Å²) in [5.41, 5.74) is 3.88. The standard InChI is InChI=1S/C22H23NO4/c1-15-5-10-19(16(2)12-15)20(24)14-27-22(26)18-8-6-17(7-9-18)13-23-11-3-4-21(23)25/h5-10,12H,3-4,11,13-14H2,1-2H3. The van der Waals surface area contributed by atoms with Crippen LogP contribution in [0.1, 0.15) is 50.2 Å². The summed E-state index contributed by atoms with van der Waals surface area (Å²) in [7, 11) is 0. The molecule has 0 aromatic heterocycles. The SMILES string of the molecule is Cc1ccc(C(=O)COC(=O)c2ccc(CN3CCCC3=O)cc2)c(C)c1. The molecule has 1 saturated heterocycles. The monoisotopic (exact) mass is 365 g/mol. The van der Waals surface area contributed by atoms with Gasteiger partial charge in [0, 0.05) is 25.1 Å². The zero-order valence-corrected chi connectivity index (χ0v) is 15.7. The van der Waals surface area contributed by atoms with Gasteiger partial charge < -0.3 is 9.64 Å². The fourth-order valence-electron chi connectivity index (χ4n) is 3.26. The molecule has 1 aliphatic rings. The lowest BCUT2D eigenvalue weighted by atomic mass is 10.0. The fraction of sp³-hybridized carbons (Fsp3) is 0.318. The molecule has 0 radical (unpaired) electrons. The maximum atomic E-state index is 12.3. The van der Waals surface area contributed by atoms with Crippen molar-refractivity contribution >= 4 is 17.7 Å². The Hall–Kier alpha value is -2.95. The van der Waals surface area contributed by atoms with Crippen LogP contribution in [0.25, 0.3) is 0 Å². The first-order chi connectivity index (χ1) is 12.9. The van der Waals surface area contributed by atoms with Crippen molar-refractivity contribution in [2.45, 2.75) is 33.2 Å². The second-order valence-electron chi connectivity index (χ2n) is 6.93. The van der Waals surface area contributed by atoms with Crippen molar-refractivity contribution in [1.29, 1.82) is 0 Å². The molecule has 27 heavy (non-hydrogen) atoms. The van der Waals surface area contributed by atoms with Crippen LogP contribution in [0.2, 0.25) is 0 Å². The van der Waals surface area contributed by atoms with Gasteiger partial charge in [-0.1, -0.05) is 35.9 Å². The number of carbonyl (C=O) groups excluding carboxylic acids is 3. The second kappa shape index (κ2) is 8.16. The number of carbonyl (C=O) groups is 3. The van der Waals surface area contributed by atoms with E-state index in [1.807, 2.05) is 43.0 Å². The van der Waals surface area contributed by atoms with Crippen LogP contribution in [0.15, 0.2) is 42.5 Å². The van der Waals surface area contributed by atoms with E-state index in [0.717, 1.165) is 29.7 Å². The molecule has 0 saturated carbocycles. The molecule has 1 aliphatic heterocycles. The zero-order valence-electron chi connectivity index (χ0n) is 15.7. The van der Waals surface area contributed by atoms with Crippen LogP contribution >= 0.6 is 0 Å². The van der Waals surface area contributed by atoms with Crippen molar-refractivity contribution in [3.8, 4) is 0 Å². The first kappa shape index (κ1) is 18.8. The average Bonchev–Trinajstić information content (AvgIpc) is 3.04. The number of Topliss-reactive ketones (excluding diaryl/α,β-unsaturated/α-hetero) is 1. The van der Waals surface area contributed by atoms with Gasteiger partial charge in [0.2, 0.25) is 11.7 Å². The Morgan fingerprint density at radius 2 is 1.81 bits per heavy atom. The van der Waals surface area contributed by atoms with E-state index in [1.54, 1.807) is 18.2 Å². The molecule has 2 aromatic carbocycles. The Morgan fingerprint density at radius 3 is 2.44 bits per heavy atom. The average molecular weight is 365 g/mol. The number of aryl methyl sites for hydroxylation is 2. The third-order valence-corrected chi connectivity index (χ3v) is 4.75. The van der Waals surface area contributed by atoms with Gasteiger partial charge in [-0.2, -0.15) is 0 Å². The van der Waals surface area contributed by atoms with Gasteiger partial charge in [-0.15, -0.1) is 0 Å². The molecule has 0 N–H and O–H groups in total. The minimum Gasteiger partial charge on any atom is -0.454 e. The summed E-state index contributed by atoms with van der Waals surface area (Å²) in [4.78, 5) is 38.0. The summed E-state index contributed by atoms with van der Waals surface area (Å²) in [5, 5.41) is 0. The third-order valence-electron chi connectivity index (χ3n) is 4.75. The molecule has 5 heteroatoms.